The predicted molar refractivity (Wildman–Crippen MR) is 121 cm³/mol. The molecule has 0 aliphatic heterocycles. The molecule has 0 saturated carbocycles. The second kappa shape index (κ2) is 27.7. The van der Waals surface area contributed by atoms with Gasteiger partial charge in [0.25, 0.3) is 0 Å². The maximum atomic E-state index is 2.30. The molecular formula is C24H52Sr. The Balaban J connectivity index is 0. The molecule has 1 heteroatoms. The van der Waals surface area contributed by atoms with E-state index in [0.717, 1.165) is 0 Å². The second-order valence-electron chi connectivity index (χ2n) is 8.07. The zero-order valence-electron chi connectivity index (χ0n) is 17.6. The maximum absolute atomic E-state index is 2.30. The van der Waals surface area contributed by atoms with Crippen molar-refractivity contribution in [3.8, 4) is 0 Å². The zero-order chi connectivity index (χ0) is 17.6. The fourth-order valence-electron chi connectivity index (χ4n) is 3.68. The summed E-state index contributed by atoms with van der Waals surface area (Å²) in [7, 11) is 0. The van der Waals surface area contributed by atoms with Gasteiger partial charge in [-0.3, -0.25) is 0 Å². The van der Waals surface area contributed by atoms with Crippen LogP contribution in [0.3, 0.4) is 0 Å². The molecule has 0 aliphatic rings. The van der Waals surface area contributed by atoms with Crippen LogP contribution in [0.1, 0.15) is 155 Å². The fourth-order valence-corrected chi connectivity index (χ4v) is 3.68. The average molecular weight is 428 g/mol. The van der Waals surface area contributed by atoms with Gasteiger partial charge in [-0.25, -0.2) is 0 Å². The summed E-state index contributed by atoms with van der Waals surface area (Å²) in [5, 5.41) is 0. The quantitative estimate of drug-likeness (QED) is 0.127. The zero-order valence-corrected chi connectivity index (χ0v) is 17.6. The first kappa shape index (κ1) is 28.7. The van der Waals surface area contributed by atoms with Crippen LogP contribution in [0.15, 0.2) is 0 Å². The molecule has 0 nitrogen and oxygen atoms in total. The van der Waals surface area contributed by atoms with Crippen LogP contribution in [0, 0.1) is 0 Å². The first-order valence-electron chi connectivity index (χ1n) is 11.9. The van der Waals surface area contributed by atoms with Crippen LogP contribution >= 0.6 is 0 Å². The predicted octanol–water partition coefficient (Wildman–Crippen LogP) is 8.69. The van der Waals surface area contributed by atoms with E-state index in [2.05, 4.69) is 13.8 Å². The van der Waals surface area contributed by atoms with E-state index in [1.807, 2.05) is 0 Å². The summed E-state index contributed by atoms with van der Waals surface area (Å²) in [6, 6.07) is 0. The van der Waals surface area contributed by atoms with E-state index in [4.69, 9.17) is 0 Å². The van der Waals surface area contributed by atoms with Crippen molar-refractivity contribution < 1.29 is 0 Å². The molecule has 0 unspecified atom stereocenters. The number of unbranched alkanes of at least 4 members (excludes halogenated alkanes) is 21. The van der Waals surface area contributed by atoms with Gasteiger partial charge in [-0.1, -0.05) is 155 Å². The van der Waals surface area contributed by atoms with Gasteiger partial charge >= 0.3 is 45.5 Å². The van der Waals surface area contributed by atoms with Gasteiger partial charge in [-0.2, -0.15) is 0 Å². The Bertz CT molecular complexity index is 180. The van der Waals surface area contributed by atoms with Gasteiger partial charge in [0.2, 0.25) is 0 Å². The molecule has 0 aromatic heterocycles. The molecule has 0 radical (unpaired) electrons. The monoisotopic (exact) mass is 428 g/mol. The standard InChI is InChI=1S/C24H50.Sr.2H/c1-3-5-7-9-11-13-15-17-19-21-23-24-22-20-18-16-14-12-10-8-6-4-2;;;/h3-24H2,1-2H3;;;. The van der Waals surface area contributed by atoms with Gasteiger partial charge in [0.1, 0.15) is 0 Å². The van der Waals surface area contributed by atoms with Crippen LogP contribution in [0.5, 0.6) is 0 Å². The molecule has 0 fully saturated rings. The van der Waals surface area contributed by atoms with Crippen molar-refractivity contribution in [3.63, 3.8) is 0 Å². The molecule has 0 saturated heterocycles. The summed E-state index contributed by atoms with van der Waals surface area (Å²) >= 11 is 0. The van der Waals surface area contributed by atoms with Crippen LogP contribution in [-0.2, 0) is 0 Å². The summed E-state index contributed by atoms with van der Waals surface area (Å²) in [6.07, 6.45) is 32.4. The van der Waals surface area contributed by atoms with E-state index in [1.165, 1.54) is 141 Å². The third-order valence-electron chi connectivity index (χ3n) is 5.46. The van der Waals surface area contributed by atoms with Crippen LogP contribution in [0.4, 0.5) is 0 Å². The van der Waals surface area contributed by atoms with E-state index < -0.39 is 0 Å². The third kappa shape index (κ3) is 27.8. The molecule has 150 valence electrons. The summed E-state index contributed by atoms with van der Waals surface area (Å²) in [5.74, 6) is 0. The molecule has 0 N–H and O–H groups in total. The van der Waals surface area contributed by atoms with Gasteiger partial charge < -0.3 is 0 Å². The molecule has 25 heavy (non-hydrogen) atoms. The molecule has 0 spiro atoms. The molecule has 0 aliphatic carbocycles. The van der Waals surface area contributed by atoms with Crippen LogP contribution < -0.4 is 0 Å². The molecule has 0 amide bonds. The third-order valence-corrected chi connectivity index (χ3v) is 5.46. The van der Waals surface area contributed by atoms with E-state index >= 15 is 0 Å². The van der Waals surface area contributed by atoms with E-state index in [0.29, 0.717) is 0 Å². The fraction of sp³-hybridized carbons (Fsp3) is 1.00. The molecule has 0 aromatic rings. The average Bonchev–Trinajstić information content (AvgIpc) is 2.60. The molecule has 0 heterocycles. The number of hydrogen-bond donors (Lipinski definition) is 0. The van der Waals surface area contributed by atoms with Crippen molar-refractivity contribution in [2.24, 2.45) is 0 Å². The van der Waals surface area contributed by atoms with Crippen LogP contribution in [0.25, 0.3) is 0 Å². The van der Waals surface area contributed by atoms with E-state index in [-0.39, 0.29) is 45.5 Å². The summed E-state index contributed by atoms with van der Waals surface area (Å²) in [5.41, 5.74) is 0. The Morgan fingerprint density at radius 1 is 0.240 bits per heavy atom. The van der Waals surface area contributed by atoms with E-state index in [1.54, 1.807) is 0 Å². The summed E-state index contributed by atoms with van der Waals surface area (Å²) in [4.78, 5) is 0. The van der Waals surface area contributed by atoms with Gasteiger partial charge in [-0.15, -0.1) is 0 Å². The van der Waals surface area contributed by atoms with Crippen LogP contribution in [0.2, 0.25) is 0 Å². The van der Waals surface area contributed by atoms with Crippen molar-refractivity contribution in [1.29, 1.82) is 0 Å². The van der Waals surface area contributed by atoms with Gasteiger partial charge in [0.15, 0.2) is 0 Å². The van der Waals surface area contributed by atoms with Gasteiger partial charge in [-0.05, 0) is 0 Å². The second-order valence-corrected chi connectivity index (χ2v) is 8.07. The molecule has 0 rings (SSSR count). The normalized spacial score (nSPS) is 10.8. The summed E-state index contributed by atoms with van der Waals surface area (Å²) in [6.45, 7) is 4.60. The first-order valence-corrected chi connectivity index (χ1v) is 11.9. The van der Waals surface area contributed by atoms with Crippen molar-refractivity contribution in [1.82, 2.24) is 0 Å². The Morgan fingerprint density at radius 3 is 0.480 bits per heavy atom. The molecule has 0 atom stereocenters. The topological polar surface area (TPSA) is 0 Å². The Labute approximate surface area is 199 Å². The van der Waals surface area contributed by atoms with Crippen molar-refractivity contribution in [3.05, 3.63) is 0 Å². The summed E-state index contributed by atoms with van der Waals surface area (Å²) < 4.78 is 0. The Morgan fingerprint density at radius 2 is 0.360 bits per heavy atom. The van der Waals surface area contributed by atoms with Crippen molar-refractivity contribution in [2.75, 3.05) is 0 Å². The van der Waals surface area contributed by atoms with Gasteiger partial charge in [0.05, 0.1) is 0 Å². The van der Waals surface area contributed by atoms with Crippen molar-refractivity contribution in [2.45, 2.75) is 155 Å². The molecular weight excluding hydrogens is 376 g/mol. The van der Waals surface area contributed by atoms with Crippen molar-refractivity contribution >= 4 is 45.5 Å². The SMILES string of the molecule is CCCCCCCCCCCCCCCCCCCCCCCC.[SrH2]. The minimum atomic E-state index is 0. The Kier molecular flexibility index (Phi) is 31.8. The Hall–Kier alpha value is 1.48. The number of hydrogen-bond acceptors (Lipinski definition) is 0. The molecule has 0 bridgehead atoms. The first-order chi connectivity index (χ1) is 11.9. The number of rotatable bonds is 21. The minimum absolute atomic E-state index is 0. The van der Waals surface area contributed by atoms with Crippen LogP contribution in [-0.4, -0.2) is 45.5 Å². The van der Waals surface area contributed by atoms with Gasteiger partial charge in [0, 0.05) is 0 Å². The van der Waals surface area contributed by atoms with E-state index in [9.17, 15) is 0 Å². The molecule has 0 aromatic carbocycles.